The van der Waals surface area contributed by atoms with Crippen LogP contribution in [0.3, 0.4) is 0 Å². The van der Waals surface area contributed by atoms with Gasteiger partial charge in [-0.3, -0.25) is 0 Å². The van der Waals surface area contributed by atoms with Crippen molar-refractivity contribution in [1.29, 1.82) is 0 Å². The molecule has 0 aromatic heterocycles. The lowest BCUT2D eigenvalue weighted by atomic mass is 10.6. The van der Waals surface area contributed by atoms with Gasteiger partial charge in [0.05, 0.1) is 15.2 Å². The Hall–Kier alpha value is 0.261. The van der Waals surface area contributed by atoms with E-state index in [0.717, 1.165) is 0 Å². The van der Waals surface area contributed by atoms with Gasteiger partial charge in [-0.1, -0.05) is 39.3 Å². The van der Waals surface area contributed by atoms with Crippen LogP contribution in [-0.4, -0.2) is 27.8 Å². The second kappa shape index (κ2) is 3.39. The zero-order valence-electron chi connectivity index (χ0n) is 11.0. The van der Waals surface area contributed by atoms with E-state index in [2.05, 4.69) is 53.1 Å². The van der Waals surface area contributed by atoms with Crippen LogP contribution in [0.25, 0.3) is 0 Å². The maximum Gasteiger partial charge on any atom is 0.0528 e. The molecule has 0 aromatic carbocycles. The fraction of sp³-hybridized carbons (Fsp3) is 0.727. The molecule has 0 amide bonds. The van der Waals surface area contributed by atoms with Crippen molar-refractivity contribution in [3.8, 4) is 0 Å². The van der Waals surface area contributed by atoms with Crippen LogP contribution in [0, 0.1) is 0 Å². The van der Waals surface area contributed by atoms with Crippen LogP contribution in [0.4, 0.5) is 0 Å². The Kier molecular flexibility index (Phi) is 2.98. The summed E-state index contributed by atoms with van der Waals surface area (Å²) in [7, 11) is -2.00. The van der Waals surface area contributed by atoms with Gasteiger partial charge < -0.3 is 0 Å². The second-order valence-corrected chi connectivity index (χ2v) is 30.2. The monoisotopic (exact) mass is 240 g/mol. The van der Waals surface area contributed by atoms with Gasteiger partial charge >= 0.3 is 0 Å². The molecule has 14 heavy (non-hydrogen) atoms. The summed E-state index contributed by atoms with van der Waals surface area (Å²) >= 11 is 0. The lowest BCUT2D eigenvalue weighted by molar-refractivity contribution is 1.64. The molecule has 0 aromatic rings. The SMILES string of the molecule is CC1=C(C)C1=[Si]([Si](C)(C)C)[Si](C)(C)C. The highest BCUT2D eigenvalue weighted by atomic mass is 29.6. The minimum atomic E-state index is -0.921. The molecule has 0 saturated heterocycles. The van der Waals surface area contributed by atoms with Gasteiger partial charge in [0.15, 0.2) is 0 Å². The molecule has 0 N–H and O–H groups in total. The van der Waals surface area contributed by atoms with Gasteiger partial charge in [-0.05, 0) is 30.2 Å². The Morgan fingerprint density at radius 1 is 0.714 bits per heavy atom. The van der Waals surface area contributed by atoms with Gasteiger partial charge in [0.2, 0.25) is 0 Å². The van der Waals surface area contributed by atoms with E-state index in [1.165, 1.54) is 0 Å². The Labute approximate surface area is 92.2 Å². The van der Waals surface area contributed by atoms with Crippen molar-refractivity contribution >= 4 is 27.8 Å². The van der Waals surface area contributed by atoms with Crippen molar-refractivity contribution in [3.63, 3.8) is 0 Å². The normalized spacial score (nSPS) is 17.6. The molecule has 1 aliphatic rings. The standard InChI is InChI=1S/C11H24Si3/c1-9-10(2)11(9)12(13(3,4)5)14(6,7)8/h1-8H3. The maximum atomic E-state index is 2.57. The molecule has 0 radical (unpaired) electrons. The van der Waals surface area contributed by atoms with Crippen molar-refractivity contribution < 1.29 is 0 Å². The lowest BCUT2D eigenvalue weighted by Crippen LogP contribution is -2.54. The van der Waals surface area contributed by atoms with Crippen LogP contribution >= 0.6 is 0 Å². The predicted octanol–water partition coefficient (Wildman–Crippen LogP) is 3.42. The molecule has 0 spiro atoms. The smallest absolute Gasteiger partial charge is 0.0528 e. The van der Waals surface area contributed by atoms with Crippen LogP contribution in [-0.2, 0) is 0 Å². The van der Waals surface area contributed by atoms with Crippen LogP contribution in [0.2, 0.25) is 39.3 Å². The molecule has 0 bridgehead atoms. The molecule has 0 aliphatic heterocycles. The van der Waals surface area contributed by atoms with E-state index in [4.69, 9.17) is 0 Å². The zero-order chi connectivity index (χ0) is 11.3. The van der Waals surface area contributed by atoms with Crippen LogP contribution in [0.5, 0.6) is 0 Å². The summed E-state index contributed by atoms with van der Waals surface area (Å²) < 4.78 is 0. The molecule has 0 saturated carbocycles. The zero-order valence-corrected chi connectivity index (χ0v) is 14.0. The molecule has 80 valence electrons. The minimum Gasteiger partial charge on any atom is -0.0693 e. The topological polar surface area (TPSA) is 0 Å². The molecule has 0 unspecified atom stereocenters. The molecule has 1 rings (SSSR count). The van der Waals surface area contributed by atoms with E-state index < -0.39 is 15.2 Å². The highest BCUT2D eigenvalue weighted by molar-refractivity contribution is 7.61. The van der Waals surface area contributed by atoms with Gasteiger partial charge in [-0.15, -0.1) is 0 Å². The average molecular weight is 241 g/mol. The molecule has 0 fully saturated rings. The van der Waals surface area contributed by atoms with Crippen molar-refractivity contribution in [2.75, 3.05) is 0 Å². The van der Waals surface area contributed by atoms with Gasteiger partial charge in [0.1, 0.15) is 0 Å². The summed E-state index contributed by atoms with van der Waals surface area (Å²) in [4.78, 5) is 0. The van der Waals surface area contributed by atoms with Crippen LogP contribution in [0.15, 0.2) is 11.1 Å². The highest BCUT2D eigenvalue weighted by Crippen LogP contribution is 2.30. The summed E-state index contributed by atoms with van der Waals surface area (Å²) in [5, 5.41) is 1.87. The van der Waals surface area contributed by atoms with Gasteiger partial charge in [0, 0.05) is 7.44 Å². The number of hydrogen-bond acceptors (Lipinski definition) is 0. The highest BCUT2D eigenvalue weighted by Gasteiger charge is 2.39. The maximum absolute atomic E-state index is 2.57. The summed E-state index contributed by atoms with van der Waals surface area (Å²) in [6.07, 6.45) is 0. The van der Waals surface area contributed by atoms with E-state index in [1.54, 1.807) is 11.1 Å². The van der Waals surface area contributed by atoms with E-state index in [-0.39, 0.29) is 7.44 Å². The Morgan fingerprint density at radius 2 is 1.00 bits per heavy atom. The average Bonchev–Trinajstić information content (AvgIpc) is 2.38. The molecular formula is C11H24Si3. The Bertz CT molecular complexity index is 291. The molecule has 0 atom stereocenters. The van der Waals surface area contributed by atoms with Gasteiger partial charge in [-0.25, -0.2) is 0 Å². The fourth-order valence-corrected chi connectivity index (χ4v) is 41.2. The molecular weight excluding hydrogens is 216 g/mol. The van der Waals surface area contributed by atoms with E-state index in [0.29, 0.717) is 0 Å². The quantitative estimate of drug-likeness (QED) is 0.649. The third-order valence-electron chi connectivity index (χ3n) is 3.00. The minimum absolute atomic E-state index is 0.158. The first-order chi connectivity index (χ1) is 6.07. The van der Waals surface area contributed by atoms with Gasteiger partial charge in [-0.2, -0.15) is 0 Å². The summed E-state index contributed by atoms with van der Waals surface area (Å²) in [6, 6.07) is 0. The van der Waals surface area contributed by atoms with E-state index in [9.17, 15) is 0 Å². The first-order valence-electron chi connectivity index (χ1n) is 5.50. The lowest BCUT2D eigenvalue weighted by Gasteiger charge is -2.30. The fourth-order valence-electron chi connectivity index (χ4n) is 2.66. The number of rotatable bonds is 2. The number of hydrogen-bond donors (Lipinski definition) is 0. The summed E-state index contributed by atoms with van der Waals surface area (Å²) in [5.74, 6) is 0. The largest absolute Gasteiger partial charge is 0.0693 e. The molecule has 0 nitrogen and oxygen atoms in total. The van der Waals surface area contributed by atoms with E-state index >= 15 is 0 Å². The Morgan fingerprint density at radius 3 is 1.07 bits per heavy atom. The van der Waals surface area contributed by atoms with Crippen molar-refractivity contribution in [1.82, 2.24) is 0 Å². The third-order valence-corrected chi connectivity index (χ3v) is 31.2. The molecule has 3 heteroatoms. The van der Waals surface area contributed by atoms with Crippen molar-refractivity contribution in [2.24, 2.45) is 0 Å². The summed E-state index contributed by atoms with van der Waals surface area (Å²) in [5.41, 5.74) is 3.34. The van der Waals surface area contributed by atoms with Gasteiger partial charge in [0.25, 0.3) is 0 Å². The third kappa shape index (κ3) is 2.25. The Balaban J connectivity index is 3.19. The van der Waals surface area contributed by atoms with Crippen molar-refractivity contribution in [2.45, 2.75) is 53.1 Å². The van der Waals surface area contributed by atoms with Crippen molar-refractivity contribution in [3.05, 3.63) is 11.1 Å². The first-order valence-corrected chi connectivity index (χ1v) is 16.0. The van der Waals surface area contributed by atoms with E-state index in [1.807, 2.05) is 5.17 Å². The molecule has 1 aliphatic carbocycles. The molecule has 0 heterocycles. The predicted molar refractivity (Wildman–Crippen MR) is 75.8 cm³/mol. The first kappa shape index (κ1) is 12.3. The van der Waals surface area contributed by atoms with Crippen LogP contribution in [0.1, 0.15) is 13.8 Å². The number of allylic oxidation sites excluding steroid dienone is 2. The summed E-state index contributed by atoms with van der Waals surface area (Å²) in [6.45, 7) is 20.1. The van der Waals surface area contributed by atoms with Crippen LogP contribution < -0.4 is 0 Å². The second-order valence-electron chi connectivity index (χ2n) is 6.50.